The summed E-state index contributed by atoms with van der Waals surface area (Å²) in [5, 5.41) is 2.87. The maximum atomic E-state index is 13.7. The summed E-state index contributed by atoms with van der Waals surface area (Å²) in [7, 11) is 0. The summed E-state index contributed by atoms with van der Waals surface area (Å²) in [5.74, 6) is -0.784. The quantitative estimate of drug-likeness (QED) is 0.584. The summed E-state index contributed by atoms with van der Waals surface area (Å²) >= 11 is 0. The van der Waals surface area contributed by atoms with Gasteiger partial charge >= 0.3 is 0 Å². The van der Waals surface area contributed by atoms with Crippen molar-refractivity contribution >= 4 is 17.5 Å². The largest absolute Gasteiger partial charge is 0.354 e. The molecule has 0 aliphatic carbocycles. The molecule has 0 saturated heterocycles. The fraction of sp³-hybridized carbons (Fsp3) is 0.231. The minimum Gasteiger partial charge on any atom is -0.354 e. The third-order valence-corrected chi connectivity index (χ3v) is 4.84. The van der Waals surface area contributed by atoms with Gasteiger partial charge in [0, 0.05) is 17.3 Å². The molecule has 160 valence electrons. The van der Waals surface area contributed by atoms with E-state index in [1.54, 1.807) is 11.0 Å². The van der Waals surface area contributed by atoms with Crippen molar-refractivity contribution < 1.29 is 14.0 Å². The Bertz CT molecular complexity index is 1040. The molecule has 3 aromatic carbocycles. The molecule has 0 bridgehead atoms. The van der Waals surface area contributed by atoms with E-state index in [4.69, 9.17) is 0 Å². The van der Waals surface area contributed by atoms with Crippen molar-refractivity contribution in [2.45, 2.75) is 39.8 Å². The molecule has 3 aromatic rings. The third kappa shape index (κ3) is 6.25. The number of carbonyl (C=O) groups excluding carboxylic acids is 2. The van der Waals surface area contributed by atoms with E-state index in [9.17, 15) is 14.0 Å². The fourth-order valence-corrected chi connectivity index (χ4v) is 3.29. The standard InChI is InChI=1S/C26H27FN2O2/c1-18(2)28-25(30)15-20-11-13-24(14-12-20)29(17-21-9-7-19(3)8-10-21)26(31)22-5-4-6-23(27)16-22/h4-14,16,18H,15,17H2,1-3H3,(H,28,30). The maximum absolute atomic E-state index is 13.7. The molecule has 0 aromatic heterocycles. The van der Waals surface area contributed by atoms with Crippen LogP contribution in [0.3, 0.4) is 0 Å². The molecule has 0 unspecified atom stereocenters. The number of rotatable bonds is 7. The monoisotopic (exact) mass is 418 g/mol. The van der Waals surface area contributed by atoms with E-state index in [2.05, 4.69) is 5.32 Å². The van der Waals surface area contributed by atoms with Gasteiger partial charge in [-0.25, -0.2) is 4.39 Å². The van der Waals surface area contributed by atoms with Gasteiger partial charge in [0.15, 0.2) is 0 Å². The van der Waals surface area contributed by atoms with Crippen molar-refractivity contribution in [3.8, 4) is 0 Å². The third-order valence-electron chi connectivity index (χ3n) is 4.84. The molecular weight excluding hydrogens is 391 g/mol. The molecule has 0 aliphatic rings. The fourth-order valence-electron chi connectivity index (χ4n) is 3.29. The molecule has 4 nitrogen and oxygen atoms in total. The SMILES string of the molecule is Cc1ccc(CN(C(=O)c2cccc(F)c2)c2ccc(CC(=O)NC(C)C)cc2)cc1. The van der Waals surface area contributed by atoms with Crippen LogP contribution in [0.25, 0.3) is 0 Å². The molecule has 0 fully saturated rings. The van der Waals surface area contributed by atoms with Crippen molar-refractivity contribution in [3.63, 3.8) is 0 Å². The number of amides is 2. The topological polar surface area (TPSA) is 49.4 Å². The van der Waals surface area contributed by atoms with Gasteiger partial charge in [0.2, 0.25) is 5.91 Å². The number of nitrogens with zero attached hydrogens (tertiary/aromatic N) is 1. The van der Waals surface area contributed by atoms with E-state index < -0.39 is 5.82 Å². The predicted octanol–water partition coefficient (Wildman–Crippen LogP) is 5.05. The van der Waals surface area contributed by atoms with Crippen LogP contribution in [-0.2, 0) is 17.8 Å². The predicted molar refractivity (Wildman–Crippen MR) is 122 cm³/mol. The molecule has 31 heavy (non-hydrogen) atoms. The van der Waals surface area contributed by atoms with E-state index in [-0.39, 0.29) is 29.8 Å². The van der Waals surface area contributed by atoms with Crippen molar-refractivity contribution in [2.75, 3.05) is 4.90 Å². The van der Waals surface area contributed by atoms with Crippen molar-refractivity contribution in [2.24, 2.45) is 0 Å². The van der Waals surface area contributed by atoms with Gasteiger partial charge in [-0.15, -0.1) is 0 Å². The second-order valence-electron chi connectivity index (χ2n) is 7.95. The molecule has 0 atom stereocenters. The van der Waals surface area contributed by atoms with E-state index in [1.807, 2.05) is 69.3 Å². The van der Waals surface area contributed by atoms with E-state index in [0.29, 0.717) is 12.2 Å². The first kappa shape index (κ1) is 22.2. The summed E-state index contributed by atoms with van der Waals surface area (Å²) in [6, 6.07) is 21.1. The first-order valence-electron chi connectivity index (χ1n) is 10.3. The molecule has 2 amide bonds. The van der Waals surface area contributed by atoms with Gasteiger partial charge < -0.3 is 10.2 Å². The van der Waals surface area contributed by atoms with Crippen LogP contribution < -0.4 is 10.2 Å². The van der Waals surface area contributed by atoms with Crippen LogP contribution in [0.4, 0.5) is 10.1 Å². The average Bonchev–Trinajstić information content (AvgIpc) is 2.73. The van der Waals surface area contributed by atoms with E-state index in [0.717, 1.165) is 16.7 Å². The lowest BCUT2D eigenvalue weighted by Gasteiger charge is -2.24. The lowest BCUT2D eigenvalue weighted by molar-refractivity contribution is -0.120. The van der Waals surface area contributed by atoms with Crippen molar-refractivity contribution in [1.82, 2.24) is 5.32 Å². The maximum Gasteiger partial charge on any atom is 0.258 e. The second-order valence-corrected chi connectivity index (χ2v) is 7.95. The summed E-state index contributed by atoms with van der Waals surface area (Å²) in [6.07, 6.45) is 0.272. The van der Waals surface area contributed by atoms with Gasteiger partial charge in [-0.05, 0) is 62.2 Å². The molecule has 0 heterocycles. The highest BCUT2D eigenvalue weighted by Gasteiger charge is 2.19. The number of anilines is 1. The molecule has 0 saturated carbocycles. The Morgan fingerprint density at radius 2 is 1.58 bits per heavy atom. The molecule has 0 aliphatic heterocycles. The molecule has 1 N–H and O–H groups in total. The first-order chi connectivity index (χ1) is 14.8. The van der Waals surface area contributed by atoms with E-state index in [1.165, 1.54) is 18.2 Å². The number of nitrogens with one attached hydrogen (secondary N) is 1. The number of aryl methyl sites for hydroxylation is 1. The molecule has 3 rings (SSSR count). The van der Waals surface area contributed by atoms with Crippen LogP contribution in [0.1, 0.15) is 40.9 Å². The van der Waals surface area contributed by atoms with Gasteiger partial charge in [0.1, 0.15) is 5.82 Å². The normalized spacial score (nSPS) is 10.7. The summed E-state index contributed by atoms with van der Waals surface area (Å²) in [6.45, 7) is 6.19. The minimum atomic E-state index is -0.451. The highest BCUT2D eigenvalue weighted by atomic mass is 19.1. The van der Waals surface area contributed by atoms with Gasteiger partial charge in [-0.2, -0.15) is 0 Å². The minimum absolute atomic E-state index is 0.0462. The number of halogens is 1. The van der Waals surface area contributed by atoms with Crippen molar-refractivity contribution in [1.29, 1.82) is 0 Å². The van der Waals surface area contributed by atoms with Crippen LogP contribution in [0, 0.1) is 12.7 Å². The van der Waals surface area contributed by atoms with Crippen LogP contribution in [0.2, 0.25) is 0 Å². The Labute approximate surface area is 182 Å². The first-order valence-corrected chi connectivity index (χ1v) is 10.3. The van der Waals surface area contributed by atoms with Crippen molar-refractivity contribution in [3.05, 3.63) is 101 Å². The lowest BCUT2D eigenvalue weighted by Crippen LogP contribution is -2.31. The summed E-state index contributed by atoms with van der Waals surface area (Å²) in [4.78, 5) is 26.9. The zero-order valence-corrected chi connectivity index (χ0v) is 18.1. The van der Waals surface area contributed by atoms with Gasteiger partial charge in [-0.3, -0.25) is 9.59 Å². The Morgan fingerprint density at radius 3 is 2.19 bits per heavy atom. The number of carbonyl (C=O) groups is 2. The molecular formula is C26H27FN2O2. The van der Waals surface area contributed by atoms with Gasteiger partial charge in [0.05, 0.1) is 13.0 Å². The highest BCUT2D eigenvalue weighted by Crippen LogP contribution is 2.22. The van der Waals surface area contributed by atoms with Crippen LogP contribution in [0.5, 0.6) is 0 Å². The zero-order valence-electron chi connectivity index (χ0n) is 18.1. The summed E-state index contributed by atoms with van der Waals surface area (Å²) < 4.78 is 13.7. The smallest absolute Gasteiger partial charge is 0.258 e. The van der Waals surface area contributed by atoms with Crippen LogP contribution >= 0.6 is 0 Å². The van der Waals surface area contributed by atoms with Gasteiger partial charge in [0.25, 0.3) is 5.91 Å². The van der Waals surface area contributed by atoms with Crippen LogP contribution in [0.15, 0.2) is 72.8 Å². The number of benzene rings is 3. The highest BCUT2D eigenvalue weighted by molar-refractivity contribution is 6.06. The average molecular weight is 419 g/mol. The molecule has 5 heteroatoms. The Balaban J connectivity index is 1.87. The van der Waals surface area contributed by atoms with Gasteiger partial charge in [-0.1, -0.05) is 48.0 Å². The summed E-state index contributed by atoms with van der Waals surface area (Å²) in [5.41, 5.74) is 3.93. The molecule has 0 radical (unpaired) electrons. The Kier molecular flexibility index (Phi) is 7.19. The second kappa shape index (κ2) is 10.0. The zero-order chi connectivity index (χ0) is 22.4. The molecule has 0 spiro atoms. The number of hydrogen-bond acceptors (Lipinski definition) is 2. The Morgan fingerprint density at radius 1 is 0.935 bits per heavy atom. The lowest BCUT2D eigenvalue weighted by atomic mass is 10.1. The van der Waals surface area contributed by atoms with Crippen LogP contribution in [-0.4, -0.2) is 17.9 Å². The Hall–Kier alpha value is -3.47. The van der Waals surface area contributed by atoms with E-state index >= 15 is 0 Å². The number of hydrogen-bond donors (Lipinski definition) is 1.